The highest BCUT2D eigenvalue weighted by atomic mass is 16.5. The Hall–Kier alpha value is -1.34. The molecule has 0 saturated carbocycles. The minimum Gasteiger partial charge on any atom is -0.480 e. The molecule has 0 aromatic heterocycles. The standard InChI is InChI=1S/C12H24N2O5/c1-12(2,3)9(10(16)17)13-11(18)14(5-7-15)6-8-19-4/h9,15H,5-8H2,1-4H3,(H,13,18)(H,16,17). The van der Waals surface area contributed by atoms with E-state index in [1.54, 1.807) is 20.8 Å². The Labute approximate surface area is 113 Å². The Morgan fingerprint density at radius 2 is 1.89 bits per heavy atom. The van der Waals surface area contributed by atoms with E-state index in [4.69, 9.17) is 14.9 Å². The molecular formula is C12H24N2O5. The second kappa shape index (κ2) is 7.96. The highest BCUT2D eigenvalue weighted by Gasteiger charge is 2.33. The van der Waals surface area contributed by atoms with E-state index >= 15 is 0 Å². The lowest BCUT2D eigenvalue weighted by Crippen LogP contribution is -2.54. The van der Waals surface area contributed by atoms with E-state index in [1.807, 2.05) is 0 Å². The molecule has 0 aliphatic rings. The molecule has 1 unspecified atom stereocenters. The quantitative estimate of drug-likeness (QED) is 0.614. The van der Waals surface area contributed by atoms with Gasteiger partial charge >= 0.3 is 12.0 Å². The molecule has 0 aliphatic carbocycles. The van der Waals surface area contributed by atoms with Gasteiger partial charge in [0.1, 0.15) is 6.04 Å². The van der Waals surface area contributed by atoms with E-state index in [1.165, 1.54) is 12.0 Å². The van der Waals surface area contributed by atoms with Gasteiger partial charge in [-0.15, -0.1) is 0 Å². The van der Waals surface area contributed by atoms with Crippen LogP contribution in [-0.4, -0.2) is 66.6 Å². The number of carboxylic acids is 1. The largest absolute Gasteiger partial charge is 0.480 e. The summed E-state index contributed by atoms with van der Waals surface area (Å²) in [5, 5.41) is 20.5. The third-order valence-corrected chi connectivity index (χ3v) is 2.60. The van der Waals surface area contributed by atoms with Crippen LogP contribution >= 0.6 is 0 Å². The van der Waals surface area contributed by atoms with E-state index in [2.05, 4.69) is 5.32 Å². The molecule has 2 amide bonds. The summed E-state index contributed by atoms with van der Waals surface area (Å²) in [6.07, 6.45) is 0. The lowest BCUT2D eigenvalue weighted by atomic mass is 9.87. The number of rotatable bonds is 7. The molecule has 7 nitrogen and oxygen atoms in total. The maximum Gasteiger partial charge on any atom is 0.326 e. The zero-order valence-electron chi connectivity index (χ0n) is 12.0. The van der Waals surface area contributed by atoms with Gasteiger partial charge in [-0.2, -0.15) is 0 Å². The van der Waals surface area contributed by atoms with Gasteiger partial charge in [0.05, 0.1) is 13.2 Å². The van der Waals surface area contributed by atoms with Crippen LogP contribution < -0.4 is 5.32 Å². The number of carbonyl (C=O) groups excluding carboxylic acids is 1. The first-order chi connectivity index (χ1) is 8.73. The van der Waals surface area contributed by atoms with Crippen LogP contribution in [0.5, 0.6) is 0 Å². The van der Waals surface area contributed by atoms with Gasteiger partial charge in [-0.25, -0.2) is 9.59 Å². The smallest absolute Gasteiger partial charge is 0.326 e. The summed E-state index contributed by atoms with van der Waals surface area (Å²) in [4.78, 5) is 24.5. The zero-order valence-corrected chi connectivity index (χ0v) is 12.0. The lowest BCUT2D eigenvalue weighted by Gasteiger charge is -2.30. The number of urea groups is 1. The number of carboxylic acid groups (broad SMARTS) is 1. The number of aliphatic hydroxyl groups is 1. The van der Waals surface area contributed by atoms with Crippen molar-refractivity contribution in [2.24, 2.45) is 5.41 Å². The van der Waals surface area contributed by atoms with Gasteiger partial charge in [-0.05, 0) is 5.41 Å². The van der Waals surface area contributed by atoms with Crippen molar-refractivity contribution in [2.45, 2.75) is 26.8 Å². The van der Waals surface area contributed by atoms with Crippen LogP contribution in [0.2, 0.25) is 0 Å². The molecule has 0 saturated heterocycles. The third kappa shape index (κ3) is 6.40. The number of hydrogen-bond donors (Lipinski definition) is 3. The van der Waals surface area contributed by atoms with Crippen molar-refractivity contribution in [2.75, 3.05) is 33.4 Å². The summed E-state index contributed by atoms with van der Waals surface area (Å²) in [7, 11) is 1.50. The fourth-order valence-corrected chi connectivity index (χ4v) is 1.50. The maximum absolute atomic E-state index is 12.0. The van der Waals surface area contributed by atoms with E-state index in [0.717, 1.165) is 0 Å². The van der Waals surface area contributed by atoms with Crippen LogP contribution in [0.15, 0.2) is 0 Å². The van der Waals surface area contributed by atoms with Gasteiger partial charge in [-0.3, -0.25) is 0 Å². The monoisotopic (exact) mass is 276 g/mol. The Kier molecular flexibility index (Phi) is 7.40. The average molecular weight is 276 g/mol. The van der Waals surface area contributed by atoms with Crippen LogP contribution in [0.25, 0.3) is 0 Å². The number of aliphatic carboxylic acids is 1. The van der Waals surface area contributed by atoms with Crippen molar-refractivity contribution in [3.63, 3.8) is 0 Å². The minimum atomic E-state index is -1.09. The van der Waals surface area contributed by atoms with Gasteiger partial charge < -0.3 is 25.2 Å². The van der Waals surface area contributed by atoms with E-state index in [0.29, 0.717) is 13.2 Å². The molecule has 19 heavy (non-hydrogen) atoms. The number of hydrogen-bond acceptors (Lipinski definition) is 4. The number of carbonyl (C=O) groups is 2. The normalized spacial score (nSPS) is 12.9. The van der Waals surface area contributed by atoms with Crippen molar-refractivity contribution in [1.29, 1.82) is 0 Å². The third-order valence-electron chi connectivity index (χ3n) is 2.60. The molecule has 112 valence electrons. The molecule has 7 heteroatoms. The van der Waals surface area contributed by atoms with Crippen molar-refractivity contribution >= 4 is 12.0 Å². The van der Waals surface area contributed by atoms with Crippen molar-refractivity contribution < 1.29 is 24.5 Å². The topological polar surface area (TPSA) is 99.1 Å². The van der Waals surface area contributed by atoms with Crippen molar-refractivity contribution in [1.82, 2.24) is 10.2 Å². The minimum absolute atomic E-state index is 0.131. The second-order valence-electron chi connectivity index (χ2n) is 5.29. The Morgan fingerprint density at radius 3 is 2.26 bits per heavy atom. The lowest BCUT2D eigenvalue weighted by molar-refractivity contribution is -0.142. The molecule has 0 radical (unpaired) electrons. The summed E-state index contributed by atoms with van der Waals surface area (Å²) in [6.45, 7) is 5.75. The van der Waals surface area contributed by atoms with Crippen LogP contribution in [0.3, 0.4) is 0 Å². The number of aliphatic hydroxyl groups excluding tert-OH is 1. The van der Waals surface area contributed by atoms with Crippen LogP contribution in [0, 0.1) is 5.41 Å². The predicted octanol–water partition coefficient (Wildman–Crippen LogP) is 0.136. The molecule has 0 heterocycles. The summed E-state index contributed by atoms with van der Waals surface area (Å²) in [5.74, 6) is -1.09. The van der Waals surface area contributed by atoms with Gasteiger partial charge in [0.2, 0.25) is 0 Å². The molecule has 0 fully saturated rings. The van der Waals surface area contributed by atoms with Crippen LogP contribution in [0.4, 0.5) is 4.79 Å². The fourth-order valence-electron chi connectivity index (χ4n) is 1.50. The highest BCUT2D eigenvalue weighted by Crippen LogP contribution is 2.19. The van der Waals surface area contributed by atoms with E-state index < -0.39 is 23.5 Å². The fraction of sp³-hybridized carbons (Fsp3) is 0.833. The number of amides is 2. The summed E-state index contributed by atoms with van der Waals surface area (Å²) >= 11 is 0. The Balaban J connectivity index is 4.71. The molecule has 0 rings (SSSR count). The van der Waals surface area contributed by atoms with Crippen LogP contribution in [-0.2, 0) is 9.53 Å². The summed E-state index contributed by atoms with van der Waals surface area (Å²) in [6, 6.07) is -1.52. The first kappa shape index (κ1) is 17.7. The average Bonchev–Trinajstić information content (AvgIpc) is 2.29. The summed E-state index contributed by atoms with van der Waals surface area (Å²) in [5.41, 5.74) is -0.604. The number of nitrogens with one attached hydrogen (secondary N) is 1. The molecule has 0 bridgehead atoms. The molecule has 0 aromatic carbocycles. The van der Waals surface area contributed by atoms with Crippen molar-refractivity contribution in [3.05, 3.63) is 0 Å². The molecule has 3 N–H and O–H groups in total. The molecule has 1 atom stereocenters. The first-order valence-corrected chi connectivity index (χ1v) is 6.12. The van der Waals surface area contributed by atoms with Gasteiger partial charge in [-0.1, -0.05) is 20.8 Å². The first-order valence-electron chi connectivity index (χ1n) is 6.12. The van der Waals surface area contributed by atoms with Gasteiger partial charge in [0, 0.05) is 20.2 Å². The zero-order chi connectivity index (χ0) is 15.1. The molecule has 0 aliphatic heterocycles. The van der Waals surface area contributed by atoms with E-state index in [-0.39, 0.29) is 13.2 Å². The van der Waals surface area contributed by atoms with Crippen molar-refractivity contribution in [3.8, 4) is 0 Å². The molecule has 0 spiro atoms. The van der Waals surface area contributed by atoms with Crippen LogP contribution in [0.1, 0.15) is 20.8 Å². The number of methoxy groups -OCH3 is 1. The highest BCUT2D eigenvalue weighted by molar-refractivity contribution is 5.83. The summed E-state index contributed by atoms with van der Waals surface area (Å²) < 4.78 is 4.87. The number of nitrogens with zero attached hydrogens (tertiary/aromatic N) is 1. The van der Waals surface area contributed by atoms with E-state index in [9.17, 15) is 9.59 Å². The SMILES string of the molecule is COCCN(CCO)C(=O)NC(C(=O)O)C(C)(C)C. The molecule has 0 aromatic rings. The Bertz CT molecular complexity index is 301. The predicted molar refractivity (Wildman–Crippen MR) is 69.9 cm³/mol. The Morgan fingerprint density at radius 1 is 1.32 bits per heavy atom. The maximum atomic E-state index is 12.0. The number of ether oxygens (including phenoxy) is 1. The molecular weight excluding hydrogens is 252 g/mol. The van der Waals surface area contributed by atoms with Gasteiger partial charge in [0.15, 0.2) is 0 Å². The second-order valence-corrected chi connectivity index (χ2v) is 5.29. The van der Waals surface area contributed by atoms with Gasteiger partial charge in [0.25, 0.3) is 0 Å².